The second kappa shape index (κ2) is 8.23. The van der Waals surface area contributed by atoms with Crippen LogP contribution in [0.4, 0.5) is 5.95 Å². The van der Waals surface area contributed by atoms with E-state index >= 15 is 0 Å². The molecule has 5 rings (SSSR count). The van der Waals surface area contributed by atoms with Crippen molar-refractivity contribution in [1.29, 1.82) is 0 Å². The number of carbonyl (C=O) groups is 1. The zero-order valence-electron chi connectivity index (χ0n) is 16.8. The van der Waals surface area contributed by atoms with E-state index in [0.29, 0.717) is 15.6 Å². The van der Waals surface area contributed by atoms with E-state index in [1.54, 1.807) is 29.9 Å². The van der Waals surface area contributed by atoms with Crippen molar-refractivity contribution >= 4 is 34.3 Å². The maximum atomic E-state index is 12.6. The van der Waals surface area contributed by atoms with Gasteiger partial charge in [0.05, 0.1) is 23.4 Å². The Hall–Kier alpha value is -3.05. The number of esters is 1. The first-order valence-electron chi connectivity index (χ1n) is 10.3. The maximum Gasteiger partial charge on any atom is 0.460 e. The van der Waals surface area contributed by atoms with Crippen molar-refractivity contribution in [2.24, 2.45) is 0 Å². The molecule has 3 aromatic rings. The van der Waals surface area contributed by atoms with E-state index in [9.17, 15) is 15.2 Å². The van der Waals surface area contributed by atoms with Crippen molar-refractivity contribution in [3.05, 3.63) is 40.3 Å². The SMILES string of the molecule is O=C(CCNc1n[n+]([O-])c2cc(-c3cncs3)ccc2[n+]1[O-])OC1CCN(C2CC2)C1. The number of anilines is 1. The van der Waals surface area contributed by atoms with E-state index in [2.05, 4.69) is 20.3 Å². The first-order valence-corrected chi connectivity index (χ1v) is 11.2. The van der Waals surface area contributed by atoms with Gasteiger partial charge >= 0.3 is 11.9 Å². The molecule has 1 saturated heterocycles. The van der Waals surface area contributed by atoms with Gasteiger partial charge in [-0.25, -0.2) is 4.73 Å². The number of thiazole rings is 1. The van der Waals surface area contributed by atoms with Crippen LogP contribution >= 0.6 is 11.3 Å². The van der Waals surface area contributed by atoms with E-state index < -0.39 is 0 Å². The van der Waals surface area contributed by atoms with Crippen LogP contribution in [-0.2, 0) is 9.53 Å². The average molecular weight is 443 g/mol. The minimum atomic E-state index is -0.322. The summed E-state index contributed by atoms with van der Waals surface area (Å²) in [4.78, 5) is 19.9. The summed E-state index contributed by atoms with van der Waals surface area (Å²) in [6, 6.07) is 5.63. The van der Waals surface area contributed by atoms with Crippen LogP contribution in [0.5, 0.6) is 0 Å². The van der Waals surface area contributed by atoms with Crippen molar-refractivity contribution < 1.29 is 19.1 Å². The third kappa shape index (κ3) is 4.23. The Labute approximate surface area is 182 Å². The van der Waals surface area contributed by atoms with Gasteiger partial charge in [0.1, 0.15) is 6.10 Å². The van der Waals surface area contributed by atoms with Gasteiger partial charge in [-0.05, 0) is 31.4 Å². The number of ether oxygens (including phenoxy) is 1. The third-order valence-electron chi connectivity index (χ3n) is 5.65. The molecule has 1 aromatic carbocycles. The molecular formula is C20H22N6O4S. The zero-order valence-corrected chi connectivity index (χ0v) is 17.6. The molecule has 1 unspecified atom stereocenters. The van der Waals surface area contributed by atoms with Gasteiger partial charge in [-0.3, -0.25) is 20.0 Å². The van der Waals surface area contributed by atoms with Gasteiger partial charge in [0.2, 0.25) is 5.10 Å². The Morgan fingerprint density at radius 2 is 2.16 bits per heavy atom. The molecule has 31 heavy (non-hydrogen) atoms. The third-order valence-corrected chi connectivity index (χ3v) is 6.47. The molecule has 1 saturated carbocycles. The predicted molar refractivity (Wildman–Crippen MR) is 113 cm³/mol. The monoisotopic (exact) mass is 442 g/mol. The Kier molecular flexibility index (Phi) is 5.28. The highest BCUT2D eigenvalue weighted by atomic mass is 32.1. The van der Waals surface area contributed by atoms with Gasteiger partial charge in [0.15, 0.2) is 5.52 Å². The number of carbonyl (C=O) groups excluding carboxylic acids is 1. The van der Waals surface area contributed by atoms with Crippen LogP contribution < -0.4 is 14.9 Å². The Morgan fingerprint density at radius 1 is 1.29 bits per heavy atom. The molecule has 0 bridgehead atoms. The Bertz CT molecular complexity index is 1100. The number of hydrogen-bond acceptors (Lipinski definition) is 9. The molecule has 2 aromatic heterocycles. The molecule has 2 fully saturated rings. The van der Waals surface area contributed by atoms with Gasteiger partial charge in [0.25, 0.3) is 5.52 Å². The lowest BCUT2D eigenvalue weighted by Crippen LogP contribution is -2.44. The quantitative estimate of drug-likeness (QED) is 0.329. The minimum Gasteiger partial charge on any atom is -0.739 e. The van der Waals surface area contributed by atoms with Crippen LogP contribution in [0.3, 0.4) is 0 Å². The van der Waals surface area contributed by atoms with Crippen molar-refractivity contribution in [3.63, 3.8) is 0 Å². The summed E-state index contributed by atoms with van der Waals surface area (Å²) in [5, 5.41) is 31.6. The molecule has 0 amide bonds. The van der Waals surface area contributed by atoms with E-state index in [4.69, 9.17) is 4.74 Å². The summed E-state index contributed by atoms with van der Waals surface area (Å²) >= 11 is 1.44. The standard InChI is InChI=1S/C20H22N6O4S/c27-19(30-15-6-8-24(11-15)14-2-3-14)5-7-22-20-23-26(29)17-9-13(18-10-21-12-31-18)1-4-16(17)25(20)28/h1,4,9-10,12,14-15H,2-3,5-8,11H2,(H,22,23). The maximum absolute atomic E-state index is 12.6. The zero-order chi connectivity index (χ0) is 21.4. The van der Waals surface area contributed by atoms with E-state index in [1.807, 2.05) is 0 Å². The number of fused-ring (bicyclic) bond motifs is 1. The van der Waals surface area contributed by atoms with Crippen LogP contribution in [-0.4, -0.2) is 52.7 Å². The fourth-order valence-electron chi connectivity index (χ4n) is 3.90. The van der Waals surface area contributed by atoms with Crippen LogP contribution in [0, 0.1) is 10.4 Å². The number of rotatable bonds is 7. The summed E-state index contributed by atoms with van der Waals surface area (Å²) in [6.45, 7) is 1.93. The van der Waals surface area contributed by atoms with Gasteiger partial charge < -0.3 is 15.2 Å². The number of aromatic nitrogens is 4. The number of benzene rings is 1. The molecule has 0 spiro atoms. The second-order valence-electron chi connectivity index (χ2n) is 7.86. The van der Waals surface area contributed by atoms with Gasteiger partial charge in [-0.15, -0.1) is 11.3 Å². The average Bonchev–Trinajstić information content (AvgIpc) is 3.26. The smallest absolute Gasteiger partial charge is 0.460 e. The van der Waals surface area contributed by atoms with Crippen molar-refractivity contribution in [3.8, 4) is 10.4 Å². The molecule has 1 atom stereocenters. The van der Waals surface area contributed by atoms with Gasteiger partial charge in [-0.1, -0.05) is 0 Å². The highest BCUT2D eigenvalue weighted by Gasteiger charge is 2.35. The molecular weight excluding hydrogens is 420 g/mol. The fourth-order valence-corrected chi connectivity index (χ4v) is 4.52. The van der Waals surface area contributed by atoms with Crippen LogP contribution in [0.1, 0.15) is 25.7 Å². The van der Waals surface area contributed by atoms with Crippen molar-refractivity contribution in [1.82, 2.24) is 15.0 Å². The van der Waals surface area contributed by atoms with E-state index in [1.165, 1.54) is 24.2 Å². The molecule has 162 valence electrons. The van der Waals surface area contributed by atoms with Crippen molar-refractivity contribution in [2.45, 2.75) is 37.8 Å². The Morgan fingerprint density at radius 3 is 2.94 bits per heavy atom. The predicted octanol–water partition coefficient (Wildman–Crippen LogP) is 1.21. The number of nitrogens with one attached hydrogen (secondary N) is 1. The van der Waals surface area contributed by atoms with Crippen LogP contribution in [0.25, 0.3) is 21.5 Å². The second-order valence-corrected chi connectivity index (χ2v) is 8.75. The first kappa shape index (κ1) is 19.9. The minimum absolute atomic E-state index is 0.0621. The van der Waals surface area contributed by atoms with Gasteiger partial charge in [-0.2, -0.15) is 0 Å². The number of likely N-dealkylation sites (tertiary alicyclic amines) is 1. The molecule has 10 nitrogen and oxygen atoms in total. The normalized spacial score (nSPS) is 19.0. The lowest BCUT2D eigenvalue weighted by atomic mass is 10.2. The van der Waals surface area contributed by atoms with Crippen molar-refractivity contribution in [2.75, 3.05) is 25.0 Å². The molecule has 1 aliphatic heterocycles. The highest BCUT2D eigenvalue weighted by molar-refractivity contribution is 7.13. The van der Waals surface area contributed by atoms with Gasteiger partial charge in [0, 0.05) is 41.8 Å². The molecule has 0 radical (unpaired) electrons. The summed E-state index contributed by atoms with van der Waals surface area (Å²) in [5.41, 5.74) is 2.84. The summed E-state index contributed by atoms with van der Waals surface area (Å²) in [6.07, 6.45) is 5.07. The lowest BCUT2D eigenvalue weighted by Gasteiger charge is -2.15. The molecule has 1 N–H and O–H groups in total. The fraction of sp³-hybridized carbons (Fsp3) is 0.450. The van der Waals surface area contributed by atoms with E-state index in [0.717, 1.165) is 30.0 Å². The Balaban J connectivity index is 1.20. The number of nitrogens with zero attached hydrogens (tertiary/aromatic N) is 5. The molecule has 1 aliphatic carbocycles. The summed E-state index contributed by atoms with van der Waals surface area (Å²) in [7, 11) is 0. The topological polar surface area (TPSA) is 121 Å². The largest absolute Gasteiger partial charge is 0.739 e. The first-order chi connectivity index (χ1) is 15.1. The lowest BCUT2D eigenvalue weighted by molar-refractivity contribution is -0.672. The molecule has 2 aliphatic rings. The summed E-state index contributed by atoms with van der Waals surface area (Å²) in [5.74, 6) is -0.473. The molecule has 3 heterocycles. The van der Waals surface area contributed by atoms with Crippen LogP contribution in [0.2, 0.25) is 0 Å². The van der Waals surface area contributed by atoms with Crippen LogP contribution in [0.15, 0.2) is 29.9 Å². The summed E-state index contributed by atoms with van der Waals surface area (Å²) < 4.78 is 6.10. The highest BCUT2D eigenvalue weighted by Crippen LogP contribution is 2.30. The molecule has 11 heteroatoms. The van der Waals surface area contributed by atoms with E-state index in [-0.39, 0.29) is 42.0 Å². The number of hydrogen-bond donors (Lipinski definition) is 1.